The minimum Gasteiger partial charge on any atom is -0.327 e. The maximum absolute atomic E-state index is 4.80. The molecule has 1 atom stereocenters. The molecule has 2 rings (SSSR count). The van der Waals surface area contributed by atoms with Crippen LogP contribution in [0, 0.1) is 6.92 Å². The van der Waals surface area contributed by atoms with E-state index in [1.54, 1.807) is 0 Å². The number of aryl methyl sites for hydroxylation is 2. The van der Waals surface area contributed by atoms with Crippen molar-refractivity contribution in [2.45, 2.75) is 59.7 Å². The first kappa shape index (κ1) is 14.1. The number of benzene rings is 1. The lowest BCUT2D eigenvalue weighted by molar-refractivity contribution is 0.508. The molecule has 0 saturated heterocycles. The third kappa shape index (κ3) is 3.16. The second-order valence-electron chi connectivity index (χ2n) is 5.36. The molecule has 1 heterocycles. The summed E-state index contributed by atoms with van der Waals surface area (Å²) in [6.07, 6.45) is 2.28. The Balaban J connectivity index is 2.32. The highest BCUT2D eigenvalue weighted by Gasteiger charge is 2.10. The van der Waals surface area contributed by atoms with Gasteiger partial charge in [-0.2, -0.15) is 0 Å². The molecule has 0 spiro atoms. The van der Waals surface area contributed by atoms with E-state index in [1.165, 1.54) is 11.1 Å². The second-order valence-corrected chi connectivity index (χ2v) is 5.36. The van der Waals surface area contributed by atoms with Gasteiger partial charge < -0.3 is 9.88 Å². The lowest BCUT2D eigenvalue weighted by atomic mass is 10.2. The number of nitrogens with zero attached hydrogens (tertiary/aromatic N) is 2. The summed E-state index contributed by atoms with van der Waals surface area (Å²) in [5.41, 5.74) is 3.65. The average Bonchev–Trinajstić information content (AvgIpc) is 2.73. The van der Waals surface area contributed by atoms with Crippen molar-refractivity contribution in [1.82, 2.24) is 14.9 Å². The molecule has 3 nitrogen and oxygen atoms in total. The molecule has 104 valence electrons. The molecule has 0 saturated carbocycles. The summed E-state index contributed by atoms with van der Waals surface area (Å²) >= 11 is 0. The van der Waals surface area contributed by atoms with Crippen LogP contribution in [0.25, 0.3) is 11.0 Å². The Kier molecular flexibility index (Phi) is 4.59. The van der Waals surface area contributed by atoms with Crippen molar-refractivity contribution in [3.05, 3.63) is 29.6 Å². The number of rotatable bonds is 6. The predicted octanol–water partition coefficient (Wildman–Crippen LogP) is 3.64. The van der Waals surface area contributed by atoms with Gasteiger partial charge in [0.15, 0.2) is 0 Å². The standard InChI is InChI=1S/C16H25N3/c1-5-9-19-15-8-7-12(3)10-14(15)18-16(19)11-17-13(4)6-2/h7-8,10,13,17H,5-6,9,11H2,1-4H3. The number of hydrogen-bond acceptors (Lipinski definition) is 2. The molecule has 1 N–H and O–H groups in total. The largest absolute Gasteiger partial charge is 0.327 e. The first-order chi connectivity index (χ1) is 9.15. The maximum Gasteiger partial charge on any atom is 0.123 e. The van der Waals surface area contributed by atoms with Gasteiger partial charge in [0.05, 0.1) is 17.6 Å². The summed E-state index contributed by atoms with van der Waals surface area (Å²) in [6, 6.07) is 7.08. The zero-order valence-electron chi connectivity index (χ0n) is 12.5. The van der Waals surface area contributed by atoms with Crippen LogP contribution in [0.2, 0.25) is 0 Å². The van der Waals surface area contributed by atoms with E-state index in [1.807, 2.05) is 0 Å². The lowest BCUT2D eigenvalue weighted by Gasteiger charge is -2.12. The smallest absolute Gasteiger partial charge is 0.123 e. The molecule has 19 heavy (non-hydrogen) atoms. The Morgan fingerprint density at radius 1 is 1.32 bits per heavy atom. The zero-order valence-corrected chi connectivity index (χ0v) is 12.5. The summed E-state index contributed by atoms with van der Waals surface area (Å²) in [4.78, 5) is 4.80. The number of imidazole rings is 1. The zero-order chi connectivity index (χ0) is 13.8. The molecule has 0 fully saturated rings. The topological polar surface area (TPSA) is 29.9 Å². The van der Waals surface area contributed by atoms with Gasteiger partial charge >= 0.3 is 0 Å². The maximum atomic E-state index is 4.80. The molecule has 0 bridgehead atoms. The molecule has 0 aliphatic carbocycles. The molecule has 2 aromatic rings. The van der Waals surface area contributed by atoms with E-state index in [9.17, 15) is 0 Å². The minimum atomic E-state index is 0.539. The van der Waals surface area contributed by atoms with Crippen molar-refractivity contribution in [2.75, 3.05) is 0 Å². The SMILES string of the molecule is CCCn1c(CNC(C)CC)nc2cc(C)ccc21. The summed E-state index contributed by atoms with van der Waals surface area (Å²) in [5.74, 6) is 1.16. The molecule has 0 aliphatic rings. The molecular weight excluding hydrogens is 234 g/mol. The van der Waals surface area contributed by atoms with Crippen molar-refractivity contribution in [1.29, 1.82) is 0 Å². The second kappa shape index (κ2) is 6.20. The van der Waals surface area contributed by atoms with Crippen LogP contribution < -0.4 is 5.32 Å². The molecule has 1 aromatic heterocycles. The van der Waals surface area contributed by atoms with E-state index < -0.39 is 0 Å². The van der Waals surface area contributed by atoms with Crippen LogP contribution in [0.3, 0.4) is 0 Å². The first-order valence-electron chi connectivity index (χ1n) is 7.34. The summed E-state index contributed by atoms with van der Waals surface area (Å²) in [7, 11) is 0. The van der Waals surface area contributed by atoms with Crippen LogP contribution in [0.15, 0.2) is 18.2 Å². The van der Waals surface area contributed by atoms with Gasteiger partial charge in [-0.25, -0.2) is 4.98 Å². The van der Waals surface area contributed by atoms with Crippen LogP contribution in [0.5, 0.6) is 0 Å². The van der Waals surface area contributed by atoms with E-state index in [4.69, 9.17) is 4.98 Å². The van der Waals surface area contributed by atoms with Gasteiger partial charge in [0.25, 0.3) is 0 Å². The number of hydrogen-bond donors (Lipinski definition) is 1. The number of fused-ring (bicyclic) bond motifs is 1. The van der Waals surface area contributed by atoms with E-state index in [2.05, 4.69) is 55.8 Å². The van der Waals surface area contributed by atoms with E-state index in [0.717, 1.165) is 37.3 Å². The fourth-order valence-electron chi connectivity index (χ4n) is 2.31. The molecule has 1 aromatic carbocycles. The van der Waals surface area contributed by atoms with Gasteiger partial charge in [0.2, 0.25) is 0 Å². The van der Waals surface area contributed by atoms with Crippen molar-refractivity contribution >= 4 is 11.0 Å². The predicted molar refractivity (Wildman–Crippen MR) is 81.4 cm³/mol. The monoisotopic (exact) mass is 259 g/mol. The normalized spacial score (nSPS) is 13.1. The Hall–Kier alpha value is -1.35. The summed E-state index contributed by atoms with van der Waals surface area (Å²) in [6.45, 7) is 10.6. The number of aromatic nitrogens is 2. The number of nitrogens with one attached hydrogen (secondary N) is 1. The van der Waals surface area contributed by atoms with Crippen molar-refractivity contribution in [3.63, 3.8) is 0 Å². The third-order valence-electron chi connectivity index (χ3n) is 3.65. The van der Waals surface area contributed by atoms with Crippen LogP contribution in [0.4, 0.5) is 0 Å². The molecule has 0 aliphatic heterocycles. The Bertz CT molecular complexity index is 542. The van der Waals surface area contributed by atoms with Crippen LogP contribution in [0.1, 0.15) is 45.0 Å². The molecule has 3 heteroatoms. The highest BCUT2D eigenvalue weighted by atomic mass is 15.1. The van der Waals surface area contributed by atoms with Gasteiger partial charge in [-0.1, -0.05) is 19.9 Å². The van der Waals surface area contributed by atoms with Gasteiger partial charge in [0.1, 0.15) is 5.82 Å². The molecule has 1 unspecified atom stereocenters. The van der Waals surface area contributed by atoms with Crippen molar-refractivity contribution in [2.24, 2.45) is 0 Å². The average molecular weight is 259 g/mol. The van der Waals surface area contributed by atoms with Crippen LogP contribution in [-0.2, 0) is 13.1 Å². The van der Waals surface area contributed by atoms with E-state index >= 15 is 0 Å². The Morgan fingerprint density at radius 3 is 2.79 bits per heavy atom. The van der Waals surface area contributed by atoms with E-state index in [-0.39, 0.29) is 0 Å². The first-order valence-corrected chi connectivity index (χ1v) is 7.34. The lowest BCUT2D eigenvalue weighted by Crippen LogP contribution is -2.26. The third-order valence-corrected chi connectivity index (χ3v) is 3.65. The van der Waals surface area contributed by atoms with Crippen molar-refractivity contribution in [3.8, 4) is 0 Å². The minimum absolute atomic E-state index is 0.539. The van der Waals surface area contributed by atoms with Gasteiger partial charge in [-0.15, -0.1) is 0 Å². The molecule has 0 radical (unpaired) electrons. The Morgan fingerprint density at radius 2 is 2.11 bits per heavy atom. The fourth-order valence-corrected chi connectivity index (χ4v) is 2.31. The molecule has 0 amide bonds. The van der Waals surface area contributed by atoms with E-state index in [0.29, 0.717) is 6.04 Å². The van der Waals surface area contributed by atoms with Gasteiger partial charge in [-0.05, 0) is 44.4 Å². The van der Waals surface area contributed by atoms with Crippen LogP contribution >= 0.6 is 0 Å². The van der Waals surface area contributed by atoms with Gasteiger partial charge in [-0.3, -0.25) is 0 Å². The van der Waals surface area contributed by atoms with Gasteiger partial charge in [0, 0.05) is 12.6 Å². The molecular formula is C16H25N3. The highest BCUT2D eigenvalue weighted by Crippen LogP contribution is 2.18. The summed E-state index contributed by atoms with van der Waals surface area (Å²) < 4.78 is 2.35. The summed E-state index contributed by atoms with van der Waals surface area (Å²) in [5, 5.41) is 3.54. The quantitative estimate of drug-likeness (QED) is 0.858. The van der Waals surface area contributed by atoms with Crippen LogP contribution in [-0.4, -0.2) is 15.6 Å². The van der Waals surface area contributed by atoms with Crippen molar-refractivity contribution < 1.29 is 0 Å². The Labute approximate surface area is 116 Å². The fraction of sp³-hybridized carbons (Fsp3) is 0.562. The highest BCUT2D eigenvalue weighted by molar-refractivity contribution is 5.76.